The molecule has 2 unspecified atom stereocenters. The van der Waals surface area contributed by atoms with E-state index in [0.29, 0.717) is 31.7 Å². The van der Waals surface area contributed by atoms with E-state index < -0.39 is 6.10 Å². The van der Waals surface area contributed by atoms with E-state index in [0.717, 1.165) is 5.56 Å². The highest BCUT2D eigenvalue weighted by Crippen LogP contribution is 2.02. The van der Waals surface area contributed by atoms with E-state index >= 15 is 0 Å². The van der Waals surface area contributed by atoms with Crippen LogP contribution >= 0.6 is 0 Å². The Balaban J connectivity index is 2.12. The van der Waals surface area contributed by atoms with Crippen molar-refractivity contribution in [1.82, 2.24) is 5.32 Å². The van der Waals surface area contributed by atoms with Crippen molar-refractivity contribution < 1.29 is 9.84 Å². The normalized spacial score (nSPS) is 14.7. The summed E-state index contributed by atoms with van der Waals surface area (Å²) in [5.74, 6) is 0.572. The van der Waals surface area contributed by atoms with Gasteiger partial charge in [-0.1, -0.05) is 44.2 Å². The lowest BCUT2D eigenvalue weighted by Gasteiger charge is -2.20. The smallest absolute Gasteiger partial charge is 0.0897 e. The van der Waals surface area contributed by atoms with Gasteiger partial charge in [0, 0.05) is 12.6 Å². The average molecular weight is 251 g/mol. The van der Waals surface area contributed by atoms with E-state index in [2.05, 4.69) is 26.1 Å². The summed E-state index contributed by atoms with van der Waals surface area (Å²) in [5.41, 5.74) is 1.13. The Bertz CT molecular complexity index is 314. The zero-order valence-electron chi connectivity index (χ0n) is 11.6. The van der Waals surface area contributed by atoms with Crippen molar-refractivity contribution in [3.05, 3.63) is 35.9 Å². The maximum Gasteiger partial charge on any atom is 0.0897 e. The molecule has 0 aliphatic heterocycles. The molecule has 2 atom stereocenters. The zero-order chi connectivity index (χ0) is 13.4. The monoisotopic (exact) mass is 251 g/mol. The Morgan fingerprint density at radius 1 is 1.17 bits per heavy atom. The second kappa shape index (κ2) is 8.25. The van der Waals surface area contributed by atoms with Gasteiger partial charge in [0.25, 0.3) is 0 Å². The Kier molecular flexibility index (Phi) is 6.94. The van der Waals surface area contributed by atoms with Crippen molar-refractivity contribution in [2.75, 3.05) is 13.2 Å². The minimum absolute atomic E-state index is 0.368. The van der Waals surface area contributed by atoms with Gasteiger partial charge < -0.3 is 15.2 Å². The van der Waals surface area contributed by atoms with Crippen LogP contribution in [0, 0.1) is 5.92 Å². The molecule has 0 spiro atoms. The number of hydrogen-bond acceptors (Lipinski definition) is 3. The third-order valence-corrected chi connectivity index (χ3v) is 3.10. The van der Waals surface area contributed by atoms with E-state index in [1.54, 1.807) is 0 Å². The van der Waals surface area contributed by atoms with Crippen LogP contribution in [-0.2, 0) is 11.3 Å². The van der Waals surface area contributed by atoms with Crippen LogP contribution in [0.1, 0.15) is 26.3 Å². The van der Waals surface area contributed by atoms with Crippen LogP contribution in [0.2, 0.25) is 0 Å². The van der Waals surface area contributed by atoms with E-state index in [4.69, 9.17) is 4.74 Å². The van der Waals surface area contributed by atoms with Gasteiger partial charge in [-0.25, -0.2) is 0 Å². The number of nitrogens with one attached hydrogen (secondary N) is 1. The molecule has 1 rings (SSSR count). The third-order valence-electron chi connectivity index (χ3n) is 3.10. The Labute approximate surface area is 110 Å². The number of aliphatic hydroxyl groups excluding tert-OH is 1. The van der Waals surface area contributed by atoms with Gasteiger partial charge in [0.2, 0.25) is 0 Å². The summed E-state index contributed by atoms with van der Waals surface area (Å²) in [7, 11) is 0. The fourth-order valence-electron chi connectivity index (χ4n) is 1.50. The summed E-state index contributed by atoms with van der Waals surface area (Å²) in [6.07, 6.45) is -0.449. The summed E-state index contributed by atoms with van der Waals surface area (Å²) in [6, 6.07) is 10.4. The van der Waals surface area contributed by atoms with E-state index in [9.17, 15) is 5.11 Å². The largest absolute Gasteiger partial charge is 0.389 e. The number of rotatable bonds is 8. The second-order valence-corrected chi connectivity index (χ2v) is 5.10. The minimum atomic E-state index is -0.449. The molecule has 0 bridgehead atoms. The number of ether oxygens (including phenoxy) is 1. The Morgan fingerprint density at radius 2 is 1.83 bits per heavy atom. The highest BCUT2D eigenvalue weighted by Gasteiger charge is 2.09. The molecular formula is C15H25NO2. The van der Waals surface area contributed by atoms with Gasteiger partial charge in [-0.2, -0.15) is 0 Å². The molecule has 1 aromatic carbocycles. The van der Waals surface area contributed by atoms with Crippen LogP contribution in [-0.4, -0.2) is 30.4 Å². The topological polar surface area (TPSA) is 41.5 Å². The van der Waals surface area contributed by atoms with Gasteiger partial charge in [0.1, 0.15) is 0 Å². The molecule has 3 heteroatoms. The quantitative estimate of drug-likeness (QED) is 0.744. The van der Waals surface area contributed by atoms with Crippen molar-refractivity contribution in [1.29, 1.82) is 0 Å². The third kappa shape index (κ3) is 6.15. The molecule has 2 N–H and O–H groups in total. The first-order valence-electron chi connectivity index (χ1n) is 6.62. The van der Waals surface area contributed by atoms with Gasteiger partial charge in [-0.3, -0.25) is 0 Å². The molecule has 0 aromatic heterocycles. The van der Waals surface area contributed by atoms with Crippen LogP contribution in [0.3, 0.4) is 0 Å². The fourth-order valence-corrected chi connectivity index (χ4v) is 1.50. The molecule has 0 heterocycles. The van der Waals surface area contributed by atoms with Crippen molar-refractivity contribution in [3.63, 3.8) is 0 Å². The summed E-state index contributed by atoms with van der Waals surface area (Å²) in [5, 5.41) is 13.1. The summed E-state index contributed by atoms with van der Waals surface area (Å²) in [6.45, 7) is 7.95. The summed E-state index contributed by atoms with van der Waals surface area (Å²) in [4.78, 5) is 0. The van der Waals surface area contributed by atoms with E-state index in [1.165, 1.54) is 0 Å². The van der Waals surface area contributed by atoms with Crippen molar-refractivity contribution in [3.8, 4) is 0 Å². The molecule has 1 aromatic rings. The van der Waals surface area contributed by atoms with Gasteiger partial charge in [-0.05, 0) is 18.4 Å². The predicted octanol–water partition coefficient (Wildman–Crippen LogP) is 2.20. The first-order valence-corrected chi connectivity index (χ1v) is 6.62. The number of benzene rings is 1. The second-order valence-electron chi connectivity index (χ2n) is 5.10. The van der Waals surface area contributed by atoms with Crippen LogP contribution in [0.15, 0.2) is 30.3 Å². The molecule has 0 radical (unpaired) electrons. The van der Waals surface area contributed by atoms with Crippen molar-refractivity contribution in [2.24, 2.45) is 5.92 Å². The highest BCUT2D eigenvalue weighted by atomic mass is 16.5. The summed E-state index contributed by atoms with van der Waals surface area (Å²) >= 11 is 0. The first-order chi connectivity index (χ1) is 8.59. The lowest BCUT2D eigenvalue weighted by molar-refractivity contribution is 0.0272. The highest BCUT2D eigenvalue weighted by molar-refractivity contribution is 5.13. The lowest BCUT2D eigenvalue weighted by Crippen LogP contribution is -2.38. The van der Waals surface area contributed by atoms with Crippen LogP contribution in [0.25, 0.3) is 0 Å². The Hall–Kier alpha value is -0.900. The molecule has 0 saturated heterocycles. The van der Waals surface area contributed by atoms with Crippen molar-refractivity contribution in [2.45, 2.75) is 39.5 Å². The van der Waals surface area contributed by atoms with Gasteiger partial charge in [0.15, 0.2) is 0 Å². The maximum atomic E-state index is 9.77. The molecule has 0 amide bonds. The van der Waals surface area contributed by atoms with Gasteiger partial charge in [-0.15, -0.1) is 0 Å². The van der Waals surface area contributed by atoms with Crippen molar-refractivity contribution >= 4 is 0 Å². The molecule has 102 valence electrons. The molecule has 0 saturated carbocycles. The molecule has 0 aliphatic carbocycles. The SMILES string of the molecule is CC(C)C(C)NCC(O)COCc1ccccc1. The number of aliphatic hydroxyl groups is 1. The average Bonchev–Trinajstić information content (AvgIpc) is 2.37. The van der Waals surface area contributed by atoms with Crippen LogP contribution in [0.5, 0.6) is 0 Å². The molecule has 3 nitrogen and oxygen atoms in total. The number of hydrogen-bond donors (Lipinski definition) is 2. The van der Waals surface area contributed by atoms with E-state index in [-0.39, 0.29) is 0 Å². The molecular weight excluding hydrogens is 226 g/mol. The Morgan fingerprint density at radius 3 is 2.44 bits per heavy atom. The standard InChI is InChI=1S/C15H25NO2/c1-12(2)13(3)16-9-15(17)11-18-10-14-7-5-4-6-8-14/h4-8,12-13,15-17H,9-11H2,1-3H3. The zero-order valence-corrected chi connectivity index (χ0v) is 11.6. The fraction of sp³-hybridized carbons (Fsp3) is 0.600. The summed E-state index contributed by atoms with van der Waals surface area (Å²) < 4.78 is 5.48. The van der Waals surface area contributed by atoms with Crippen LogP contribution < -0.4 is 5.32 Å². The van der Waals surface area contributed by atoms with E-state index in [1.807, 2.05) is 30.3 Å². The first kappa shape index (κ1) is 15.2. The van der Waals surface area contributed by atoms with Gasteiger partial charge in [0.05, 0.1) is 19.3 Å². The maximum absolute atomic E-state index is 9.77. The molecule has 18 heavy (non-hydrogen) atoms. The lowest BCUT2D eigenvalue weighted by atomic mass is 10.1. The van der Waals surface area contributed by atoms with Gasteiger partial charge >= 0.3 is 0 Å². The van der Waals surface area contributed by atoms with Crippen LogP contribution in [0.4, 0.5) is 0 Å². The minimum Gasteiger partial charge on any atom is -0.389 e. The molecule has 0 aliphatic rings. The molecule has 0 fully saturated rings. The predicted molar refractivity (Wildman–Crippen MR) is 74.4 cm³/mol.